The number of hydrogen-bond acceptors (Lipinski definition) is 1. The lowest BCUT2D eigenvalue weighted by Crippen LogP contribution is -2.25. The maximum Gasteiger partial charge on any atom is 0.254 e. The molecule has 0 bridgehead atoms. The maximum atomic E-state index is 13.1. The molecule has 1 aromatic rings. The second-order valence-corrected chi connectivity index (χ2v) is 3.10. The smallest absolute Gasteiger partial charge is 0.254 e. The molecule has 0 aromatic heterocycles. The first-order valence-corrected chi connectivity index (χ1v) is 4.60. The summed E-state index contributed by atoms with van der Waals surface area (Å²) in [7, 11) is 0. The van der Waals surface area contributed by atoms with Gasteiger partial charge in [0, 0.05) is 6.54 Å². The minimum atomic E-state index is -1.98. The zero-order chi connectivity index (χ0) is 12.3. The van der Waals surface area contributed by atoms with Crippen LogP contribution in [0.15, 0.2) is 6.07 Å². The predicted molar refractivity (Wildman–Crippen MR) is 48.9 cm³/mol. The Hall–Kier alpha value is -1.59. The molecule has 0 spiro atoms. The van der Waals surface area contributed by atoms with E-state index >= 15 is 0 Å². The Morgan fingerprint density at radius 1 is 1.19 bits per heavy atom. The molecule has 1 aromatic carbocycles. The molecule has 0 aliphatic rings. The van der Waals surface area contributed by atoms with Gasteiger partial charge in [-0.05, 0) is 12.5 Å². The lowest BCUT2D eigenvalue weighted by atomic mass is 10.1. The Morgan fingerprint density at radius 3 is 2.38 bits per heavy atom. The van der Waals surface area contributed by atoms with Crippen molar-refractivity contribution in [1.29, 1.82) is 0 Å². The molecule has 6 heteroatoms. The van der Waals surface area contributed by atoms with Crippen molar-refractivity contribution in [2.45, 2.75) is 13.3 Å². The number of halogens is 4. The van der Waals surface area contributed by atoms with Crippen molar-refractivity contribution in [3.63, 3.8) is 0 Å². The molecule has 0 saturated heterocycles. The molecule has 0 fully saturated rings. The fourth-order valence-corrected chi connectivity index (χ4v) is 1.07. The monoisotopic (exact) mass is 235 g/mol. The molecule has 1 N–H and O–H groups in total. The Kier molecular flexibility index (Phi) is 3.87. The molecule has 0 saturated carbocycles. The van der Waals surface area contributed by atoms with Crippen LogP contribution in [0.25, 0.3) is 0 Å². The second kappa shape index (κ2) is 4.96. The van der Waals surface area contributed by atoms with Gasteiger partial charge in [0.15, 0.2) is 23.3 Å². The van der Waals surface area contributed by atoms with Gasteiger partial charge in [-0.15, -0.1) is 0 Å². The molecule has 0 aliphatic carbocycles. The van der Waals surface area contributed by atoms with Crippen LogP contribution in [0, 0.1) is 23.3 Å². The minimum absolute atomic E-state index is 0.235. The van der Waals surface area contributed by atoms with Crippen LogP contribution in [-0.4, -0.2) is 12.5 Å². The van der Waals surface area contributed by atoms with Crippen molar-refractivity contribution in [3.05, 3.63) is 34.9 Å². The fourth-order valence-electron chi connectivity index (χ4n) is 1.07. The van der Waals surface area contributed by atoms with E-state index in [1.807, 2.05) is 0 Å². The second-order valence-electron chi connectivity index (χ2n) is 3.10. The van der Waals surface area contributed by atoms with Crippen LogP contribution in [0.4, 0.5) is 17.6 Å². The first kappa shape index (κ1) is 12.5. The standard InChI is InChI=1S/C10H9F4NO/c1-2-3-15-10(16)5-4-6(11)8(13)9(14)7(5)12/h4H,2-3H2,1H3,(H,15,16). The average molecular weight is 235 g/mol. The van der Waals surface area contributed by atoms with Crippen LogP contribution in [0.5, 0.6) is 0 Å². The summed E-state index contributed by atoms with van der Waals surface area (Å²) in [6.07, 6.45) is 0.583. The van der Waals surface area contributed by atoms with Gasteiger partial charge in [-0.25, -0.2) is 17.6 Å². The third-order valence-electron chi connectivity index (χ3n) is 1.88. The van der Waals surface area contributed by atoms with E-state index in [0.29, 0.717) is 12.5 Å². The van der Waals surface area contributed by atoms with Crippen molar-refractivity contribution in [1.82, 2.24) is 5.32 Å². The summed E-state index contributed by atoms with van der Waals surface area (Å²) in [5.74, 6) is -8.17. The topological polar surface area (TPSA) is 29.1 Å². The van der Waals surface area contributed by atoms with Gasteiger partial charge in [-0.2, -0.15) is 0 Å². The van der Waals surface area contributed by atoms with Crippen LogP contribution in [-0.2, 0) is 0 Å². The van der Waals surface area contributed by atoms with Crippen molar-refractivity contribution in [2.24, 2.45) is 0 Å². The van der Waals surface area contributed by atoms with Crippen LogP contribution in [0.1, 0.15) is 23.7 Å². The molecule has 0 aliphatic heterocycles. The van der Waals surface area contributed by atoms with Gasteiger partial charge in [-0.1, -0.05) is 6.92 Å². The number of hydrogen-bond donors (Lipinski definition) is 1. The molecule has 1 amide bonds. The number of benzene rings is 1. The number of carbonyl (C=O) groups is 1. The average Bonchev–Trinajstić information content (AvgIpc) is 2.28. The van der Waals surface area contributed by atoms with E-state index in [9.17, 15) is 22.4 Å². The molecule has 0 atom stereocenters. The maximum absolute atomic E-state index is 13.1. The Morgan fingerprint density at radius 2 is 1.81 bits per heavy atom. The molecule has 1 rings (SSSR count). The number of rotatable bonds is 3. The van der Waals surface area contributed by atoms with E-state index in [2.05, 4.69) is 5.32 Å². The van der Waals surface area contributed by atoms with Gasteiger partial charge >= 0.3 is 0 Å². The summed E-state index contributed by atoms with van der Waals surface area (Å²) in [5.41, 5.74) is -0.843. The lowest BCUT2D eigenvalue weighted by molar-refractivity contribution is 0.0947. The van der Waals surface area contributed by atoms with Crippen molar-refractivity contribution < 1.29 is 22.4 Å². The molecular formula is C10H9F4NO. The van der Waals surface area contributed by atoms with Crippen LogP contribution in [0.2, 0.25) is 0 Å². The predicted octanol–water partition coefficient (Wildman–Crippen LogP) is 2.38. The first-order valence-electron chi connectivity index (χ1n) is 4.60. The van der Waals surface area contributed by atoms with Gasteiger partial charge in [0.05, 0.1) is 5.56 Å². The van der Waals surface area contributed by atoms with Crippen molar-refractivity contribution in [2.75, 3.05) is 6.54 Å². The normalized spacial score (nSPS) is 10.3. The fraction of sp³-hybridized carbons (Fsp3) is 0.300. The van der Waals surface area contributed by atoms with Gasteiger partial charge in [0.25, 0.3) is 5.91 Å². The van der Waals surface area contributed by atoms with Crippen LogP contribution >= 0.6 is 0 Å². The van der Waals surface area contributed by atoms with Crippen molar-refractivity contribution >= 4 is 5.91 Å². The molecule has 16 heavy (non-hydrogen) atoms. The van der Waals surface area contributed by atoms with E-state index in [4.69, 9.17) is 0 Å². The lowest BCUT2D eigenvalue weighted by Gasteiger charge is -2.06. The summed E-state index contributed by atoms with van der Waals surface area (Å²) >= 11 is 0. The van der Waals surface area contributed by atoms with E-state index in [0.717, 1.165) is 0 Å². The highest BCUT2D eigenvalue weighted by Gasteiger charge is 2.22. The number of nitrogens with one attached hydrogen (secondary N) is 1. The molecule has 0 unspecified atom stereocenters. The van der Waals surface area contributed by atoms with Gasteiger partial charge in [0.2, 0.25) is 0 Å². The summed E-state index contributed by atoms with van der Waals surface area (Å²) < 4.78 is 51.1. The van der Waals surface area contributed by atoms with E-state index in [1.54, 1.807) is 6.92 Å². The zero-order valence-electron chi connectivity index (χ0n) is 8.41. The molecule has 0 radical (unpaired) electrons. The quantitative estimate of drug-likeness (QED) is 0.486. The van der Waals surface area contributed by atoms with Crippen LogP contribution in [0.3, 0.4) is 0 Å². The van der Waals surface area contributed by atoms with Crippen molar-refractivity contribution in [3.8, 4) is 0 Å². The Balaban J connectivity index is 3.10. The summed E-state index contributed by atoms with van der Waals surface area (Å²) in [5, 5.41) is 2.23. The first-order chi connectivity index (χ1) is 7.49. The summed E-state index contributed by atoms with van der Waals surface area (Å²) in [6, 6.07) is 0.332. The Labute approximate surface area is 89.3 Å². The highest BCUT2D eigenvalue weighted by Crippen LogP contribution is 2.18. The number of amides is 1. The third-order valence-corrected chi connectivity index (χ3v) is 1.88. The van der Waals surface area contributed by atoms with Gasteiger partial charge in [-0.3, -0.25) is 4.79 Å². The molecule has 0 heterocycles. The van der Waals surface area contributed by atoms with E-state index < -0.39 is 34.7 Å². The van der Waals surface area contributed by atoms with E-state index in [1.165, 1.54) is 0 Å². The molecule has 2 nitrogen and oxygen atoms in total. The zero-order valence-corrected chi connectivity index (χ0v) is 8.41. The molecule has 88 valence electrons. The summed E-state index contributed by atoms with van der Waals surface area (Å²) in [4.78, 5) is 11.2. The summed E-state index contributed by atoms with van der Waals surface area (Å²) in [6.45, 7) is 1.99. The van der Waals surface area contributed by atoms with Gasteiger partial charge < -0.3 is 5.32 Å². The SMILES string of the molecule is CCCNC(=O)c1cc(F)c(F)c(F)c1F. The highest BCUT2D eigenvalue weighted by atomic mass is 19.2. The molecular weight excluding hydrogens is 226 g/mol. The third kappa shape index (κ3) is 2.32. The minimum Gasteiger partial charge on any atom is -0.352 e. The number of carbonyl (C=O) groups excluding carboxylic acids is 1. The largest absolute Gasteiger partial charge is 0.352 e. The van der Waals surface area contributed by atoms with Crippen LogP contribution < -0.4 is 5.32 Å². The van der Waals surface area contributed by atoms with Gasteiger partial charge in [0.1, 0.15) is 0 Å². The Bertz CT molecular complexity index is 420. The highest BCUT2D eigenvalue weighted by molar-refractivity contribution is 5.94. The van der Waals surface area contributed by atoms with E-state index in [-0.39, 0.29) is 6.54 Å².